The van der Waals surface area contributed by atoms with Crippen molar-refractivity contribution in [3.63, 3.8) is 0 Å². The van der Waals surface area contributed by atoms with Gasteiger partial charge in [-0.25, -0.2) is 4.98 Å². The summed E-state index contributed by atoms with van der Waals surface area (Å²) in [5.41, 5.74) is 0. The highest BCUT2D eigenvalue weighted by Crippen LogP contribution is 2.29. The van der Waals surface area contributed by atoms with Crippen molar-refractivity contribution in [2.45, 2.75) is 46.0 Å². The Kier molecular flexibility index (Phi) is 5.89. The Morgan fingerprint density at radius 1 is 1.35 bits per heavy atom. The second-order valence-corrected chi connectivity index (χ2v) is 6.24. The fourth-order valence-electron chi connectivity index (χ4n) is 2.80. The Morgan fingerprint density at radius 2 is 2.20 bits per heavy atom. The Morgan fingerprint density at radius 3 is 2.95 bits per heavy atom. The van der Waals surface area contributed by atoms with Crippen molar-refractivity contribution < 1.29 is 0 Å². The quantitative estimate of drug-likeness (QED) is 0.826. The first kappa shape index (κ1) is 15.4. The summed E-state index contributed by atoms with van der Waals surface area (Å²) in [6.07, 6.45) is 8.04. The molecule has 5 heteroatoms. The van der Waals surface area contributed by atoms with E-state index in [0.717, 1.165) is 37.2 Å². The van der Waals surface area contributed by atoms with Crippen LogP contribution >= 0.6 is 11.6 Å². The summed E-state index contributed by atoms with van der Waals surface area (Å²) in [6.45, 7) is 6.29. The molecule has 0 bridgehead atoms. The lowest BCUT2D eigenvalue weighted by molar-refractivity contribution is 0.293. The normalized spacial score (nSPS) is 22.6. The molecule has 0 radical (unpaired) electrons. The number of aromatic nitrogens is 2. The van der Waals surface area contributed by atoms with Gasteiger partial charge in [-0.15, -0.1) is 0 Å². The zero-order chi connectivity index (χ0) is 14.4. The molecule has 2 atom stereocenters. The fraction of sp³-hybridized carbons (Fsp3) is 0.733. The number of anilines is 2. The predicted octanol–water partition coefficient (Wildman–Crippen LogP) is 4.19. The first-order valence-electron chi connectivity index (χ1n) is 7.69. The molecular formula is C15H25ClN4. The maximum absolute atomic E-state index is 6.16. The summed E-state index contributed by atoms with van der Waals surface area (Å²) < 4.78 is 0. The number of hydrogen-bond acceptors (Lipinski definition) is 4. The zero-order valence-electron chi connectivity index (χ0n) is 12.5. The summed E-state index contributed by atoms with van der Waals surface area (Å²) in [4.78, 5) is 8.64. The molecule has 1 aliphatic carbocycles. The lowest BCUT2D eigenvalue weighted by atomic mass is 9.82. The molecule has 0 amide bonds. The maximum Gasteiger partial charge on any atom is 0.224 e. The number of nitrogens with zero attached hydrogens (tertiary/aromatic N) is 2. The molecule has 2 rings (SSSR count). The number of hydrogen-bond donors (Lipinski definition) is 2. The second-order valence-electron chi connectivity index (χ2n) is 5.84. The topological polar surface area (TPSA) is 49.8 Å². The molecule has 0 spiro atoms. The molecule has 4 nitrogen and oxygen atoms in total. The van der Waals surface area contributed by atoms with Crippen molar-refractivity contribution in [2.24, 2.45) is 11.8 Å². The highest BCUT2D eigenvalue weighted by Gasteiger charge is 2.19. The predicted molar refractivity (Wildman–Crippen MR) is 85.4 cm³/mol. The minimum atomic E-state index is 0.593. The zero-order valence-corrected chi connectivity index (χ0v) is 13.2. The Hall–Kier alpha value is -1.03. The minimum Gasteiger partial charge on any atom is -0.368 e. The third-order valence-electron chi connectivity index (χ3n) is 3.88. The van der Waals surface area contributed by atoms with Gasteiger partial charge in [-0.2, -0.15) is 4.98 Å². The molecule has 20 heavy (non-hydrogen) atoms. The van der Waals surface area contributed by atoms with Gasteiger partial charge < -0.3 is 10.6 Å². The van der Waals surface area contributed by atoms with Gasteiger partial charge in [0.1, 0.15) is 10.8 Å². The van der Waals surface area contributed by atoms with E-state index in [4.69, 9.17) is 11.6 Å². The van der Waals surface area contributed by atoms with Crippen molar-refractivity contribution in [3.8, 4) is 0 Å². The van der Waals surface area contributed by atoms with E-state index in [1.54, 1.807) is 6.20 Å². The van der Waals surface area contributed by atoms with E-state index in [-0.39, 0.29) is 0 Å². The molecule has 2 N–H and O–H groups in total. The van der Waals surface area contributed by atoms with Crippen LogP contribution in [0.1, 0.15) is 46.0 Å². The van der Waals surface area contributed by atoms with Gasteiger partial charge in [-0.1, -0.05) is 38.3 Å². The first-order chi connectivity index (χ1) is 9.69. The Labute approximate surface area is 126 Å². The Balaban J connectivity index is 1.90. The van der Waals surface area contributed by atoms with Gasteiger partial charge in [0.25, 0.3) is 0 Å². The summed E-state index contributed by atoms with van der Waals surface area (Å²) in [7, 11) is 0. The number of rotatable bonds is 6. The third kappa shape index (κ3) is 4.51. The Bertz CT molecular complexity index is 424. The van der Waals surface area contributed by atoms with Gasteiger partial charge in [-0.05, 0) is 31.1 Å². The van der Waals surface area contributed by atoms with Crippen LogP contribution in [-0.4, -0.2) is 23.1 Å². The van der Waals surface area contributed by atoms with Crippen LogP contribution in [0.4, 0.5) is 11.8 Å². The van der Waals surface area contributed by atoms with Crippen LogP contribution in [0, 0.1) is 11.8 Å². The van der Waals surface area contributed by atoms with Gasteiger partial charge in [0, 0.05) is 13.1 Å². The van der Waals surface area contributed by atoms with Crippen LogP contribution in [0.15, 0.2) is 6.20 Å². The standard InChI is InChI=1S/C15H25ClN4/c1-3-7-17-15-19-10-13(16)14(20-15)18-9-12-6-4-5-11(2)8-12/h10-12H,3-9H2,1-2H3,(H2,17,18,19,20). The van der Waals surface area contributed by atoms with Crippen molar-refractivity contribution in [1.82, 2.24) is 9.97 Å². The van der Waals surface area contributed by atoms with E-state index in [2.05, 4.69) is 34.4 Å². The average Bonchev–Trinajstić information content (AvgIpc) is 2.45. The smallest absolute Gasteiger partial charge is 0.224 e. The number of halogens is 1. The molecule has 1 saturated carbocycles. The van der Waals surface area contributed by atoms with Crippen LogP contribution < -0.4 is 10.6 Å². The molecule has 1 aliphatic rings. The molecule has 0 aliphatic heterocycles. The largest absolute Gasteiger partial charge is 0.368 e. The van der Waals surface area contributed by atoms with E-state index < -0.39 is 0 Å². The molecule has 1 aromatic heterocycles. The van der Waals surface area contributed by atoms with E-state index in [1.807, 2.05) is 0 Å². The summed E-state index contributed by atoms with van der Waals surface area (Å²) in [6, 6.07) is 0. The van der Waals surface area contributed by atoms with Crippen molar-refractivity contribution in [1.29, 1.82) is 0 Å². The van der Waals surface area contributed by atoms with Gasteiger partial charge >= 0.3 is 0 Å². The molecule has 112 valence electrons. The van der Waals surface area contributed by atoms with Crippen LogP contribution in [-0.2, 0) is 0 Å². The molecule has 0 aromatic carbocycles. The van der Waals surface area contributed by atoms with E-state index >= 15 is 0 Å². The highest BCUT2D eigenvalue weighted by atomic mass is 35.5. The minimum absolute atomic E-state index is 0.593. The SMILES string of the molecule is CCCNc1ncc(Cl)c(NCC2CCCC(C)C2)n1. The van der Waals surface area contributed by atoms with E-state index in [0.29, 0.717) is 11.0 Å². The van der Waals surface area contributed by atoms with Gasteiger partial charge in [0.15, 0.2) is 0 Å². The lowest BCUT2D eigenvalue weighted by Gasteiger charge is -2.27. The summed E-state index contributed by atoms with van der Waals surface area (Å²) in [5.74, 6) is 2.98. The number of nitrogens with one attached hydrogen (secondary N) is 2. The molecule has 2 unspecified atom stereocenters. The van der Waals surface area contributed by atoms with Crippen molar-refractivity contribution in [3.05, 3.63) is 11.2 Å². The molecule has 1 fully saturated rings. The van der Waals surface area contributed by atoms with Crippen molar-refractivity contribution in [2.75, 3.05) is 23.7 Å². The monoisotopic (exact) mass is 296 g/mol. The molecule has 1 aromatic rings. The van der Waals surface area contributed by atoms with E-state index in [1.165, 1.54) is 25.7 Å². The van der Waals surface area contributed by atoms with Crippen molar-refractivity contribution >= 4 is 23.4 Å². The second kappa shape index (κ2) is 7.67. The molecule has 1 heterocycles. The lowest BCUT2D eigenvalue weighted by Crippen LogP contribution is -2.21. The van der Waals surface area contributed by atoms with Crippen LogP contribution in [0.3, 0.4) is 0 Å². The third-order valence-corrected chi connectivity index (χ3v) is 4.16. The highest BCUT2D eigenvalue weighted by molar-refractivity contribution is 6.32. The molecule has 0 saturated heterocycles. The van der Waals surface area contributed by atoms with Crippen LogP contribution in [0.2, 0.25) is 5.02 Å². The first-order valence-corrected chi connectivity index (χ1v) is 8.07. The maximum atomic E-state index is 6.16. The molecular weight excluding hydrogens is 272 g/mol. The average molecular weight is 297 g/mol. The summed E-state index contributed by atoms with van der Waals surface area (Å²) >= 11 is 6.16. The van der Waals surface area contributed by atoms with Gasteiger partial charge in [-0.3, -0.25) is 0 Å². The fourth-order valence-corrected chi connectivity index (χ4v) is 2.96. The van der Waals surface area contributed by atoms with E-state index in [9.17, 15) is 0 Å². The van der Waals surface area contributed by atoms with Crippen LogP contribution in [0.5, 0.6) is 0 Å². The summed E-state index contributed by atoms with van der Waals surface area (Å²) in [5, 5.41) is 7.18. The van der Waals surface area contributed by atoms with Gasteiger partial charge in [0.05, 0.1) is 6.20 Å². The van der Waals surface area contributed by atoms with Gasteiger partial charge in [0.2, 0.25) is 5.95 Å². The van der Waals surface area contributed by atoms with Crippen LogP contribution in [0.25, 0.3) is 0 Å².